The van der Waals surface area contributed by atoms with Gasteiger partial charge in [0.2, 0.25) is 11.8 Å². The fourth-order valence-corrected chi connectivity index (χ4v) is 4.34. The SMILES string of the molecule is Cc1cc([C@@H](C)Nc2ccc(Cl)nc2OC=O)c2nc([C@H]3CCC(F)(F)C3)c(C#N)nc2c1. The van der Waals surface area contributed by atoms with E-state index in [9.17, 15) is 18.8 Å². The van der Waals surface area contributed by atoms with Crippen molar-refractivity contribution in [3.05, 3.63) is 51.9 Å². The highest BCUT2D eigenvalue weighted by Crippen LogP contribution is 2.44. The Morgan fingerprint density at radius 3 is 2.79 bits per heavy atom. The summed E-state index contributed by atoms with van der Waals surface area (Å²) in [5.74, 6) is -3.28. The first-order valence-electron chi connectivity index (χ1n) is 10.3. The number of ether oxygens (including phenoxy) is 1. The third-order valence-corrected chi connectivity index (χ3v) is 5.90. The molecule has 0 amide bonds. The maximum absolute atomic E-state index is 13.9. The van der Waals surface area contributed by atoms with Gasteiger partial charge < -0.3 is 10.1 Å². The van der Waals surface area contributed by atoms with E-state index < -0.39 is 11.8 Å². The number of rotatable bonds is 6. The predicted octanol–water partition coefficient (Wildman–Crippen LogP) is 5.47. The maximum atomic E-state index is 13.9. The van der Waals surface area contributed by atoms with Crippen LogP contribution in [0.2, 0.25) is 5.15 Å². The summed E-state index contributed by atoms with van der Waals surface area (Å²) in [6.45, 7) is 4.02. The monoisotopic (exact) mass is 471 g/mol. The van der Waals surface area contributed by atoms with E-state index in [0.717, 1.165) is 11.1 Å². The van der Waals surface area contributed by atoms with Crippen molar-refractivity contribution >= 4 is 34.8 Å². The van der Waals surface area contributed by atoms with Gasteiger partial charge in [0, 0.05) is 24.3 Å². The summed E-state index contributed by atoms with van der Waals surface area (Å²) >= 11 is 5.90. The van der Waals surface area contributed by atoms with Crippen LogP contribution in [0.4, 0.5) is 14.5 Å². The molecule has 1 aliphatic carbocycles. The zero-order valence-electron chi connectivity index (χ0n) is 17.9. The number of nitriles is 1. The molecule has 33 heavy (non-hydrogen) atoms. The zero-order chi connectivity index (χ0) is 23.8. The van der Waals surface area contributed by atoms with Gasteiger partial charge in [-0.2, -0.15) is 10.2 Å². The van der Waals surface area contributed by atoms with Crippen LogP contribution in [0, 0.1) is 18.3 Å². The second-order valence-electron chi connectivity index (χ2n) is 8.15. The summed E-state index contributed by atoms with van der Waals surface area (Å²) in [7, 11) is 0. The van der Waals surface area contributed by atoms with E-state index in [1.165, 1.54) is 0 Å². The van der Waals surface area contributed by atoms with Gasteiger partial charge in [-0.25, -0.2) is 18.7 Å². The third-order valence-electron chi connectivity index (χ3n) is 5.69. The molecule has 0 unspecified atom stereocenters. The summed E-state index contributed by atoms with van der Waals surface area (Å²) in [6.07, 6.45) is -0.330. The largest absolute Gasteiger partial charge is 0.407 e. The first-order chi connectivity index (χ1) is 15.7. The molecule has 1 fully saturated rings. The van der Waals surface area contributed by atoms with Gasteiger partial charge in [0.15, 0.2) is 5.69 Å². The molecule has 170 valence electrons. The Bertz CT molecular complexity index is 1280. The van der Waals surface area contributed by atoms with Crippen molar-refractivity contribution in [2.24, 2.45) is 0 Å². The van der Waals surface area contributed by atoms with Crippen molar-refractivity contribution in [1.29, 1.82) is 5.26 Å². The molecular weight excluding hydrogens is 452 g/mol. The number of carbonyl (C=O) groups is 1. The number of hydrogen-bond acceptors (Lipinski definition) is 7. The number of anilines is 1. The van der Waals surface area contributed by atoms with E-state index in [2.05, 4.69) is 20.3 Å². The van der Waals surface area contributed by atoms with Crippen LogP contribution in [0.5, 0.6) is 5.88 Å². The van der Waals surface area contributed by atoms with Gasteiger partial charge in [-0.15, -0.1) is 0 Å². The van der Waals surface area contributed by atoms with E-state index in [-0.39, 0.29) is 48.5 Å². The summed E-state index contributed by atoms with van der Waals surface area (Å²) < 4.78 is 32.7. The van der Waals surface area contributed by atoms with Crippen LogP contribution in [0.1, 0.15) is 60.7 Å². The Morgan fingerprint density at radius 1 is 1.33 bits per heavy atom. The highest BCUT2D eigenvalue weighted by Gasteiger charge is 2.41. The standard InChI is InChI=1S/C23H20ClF2N5O2/c1-12-7-15(13(2)28-16-3-4-19(24)30-22(16)33-11-32)21-17(8-12)29-18(10-27)20(31-21)14-5-6-23(25,26)9-14/h3-4,7-8,11,13-14,28H,5-6,9H2,1-2H3/t13-,14+/m1/s1. The molecule has 2 aromatic heterocycles. The number of nitrogens with one attached hydrogen (secondary N) is 1. The number of pyridine rings is 1. The average molecular weight is 472 g/mol. The highest BCUT2D eigenvalue weighted by atomic mass is 35.5. The number of benzene rings is 1. The van der Waals surface area contributed by atoms with Crippen LogP contribution in [-0.4, -0.2) is 27.3 Å². The summed E-state index contributed by atoms with van der Waals surface area (Å²) in [6, 6.07) is 8.57. The van der Waals surface area contributed by atoms with Crippen molar-refractivity contribution in [1.82, 2.24) is 15.0 Å². The van der Waals surface area contributed by atoms with Crippen molar-refractivity contribution in [2.45, 2.75) is 51.0 Å². The number of carbonyl (C=O) groups excluding carboxylic acids is 1. The Kier molecular flexibility index (Phi) is 6.13. The van der Waals surface area contributed by atoms with Gasteiger partial charge in [0.1, 0.15) is 11.2 Å². The highest BCUT2D eigenvalue weighted by molar-refractivity contribution is 6.29. The van der Waals surface area contributed by atoms with E-state index in [1.807, 2.05) is 26.0 Å². The van der Waals surface area contributed by atoms with Gasteiger partial charge >= 0.3 is 0 Å². The van der Waals surface area contributed by atoms with E-state index in [4.69, 9.17) is 16.3 Å². The Balaban J connectivity index is 1.78. The van der Waals surface area contributed by atoms with Crippen LogP contribution in [0.15, 0.2) is 24.3 Å². The number of aromatic nitrogens is 3. The Labute approximate surface area is 193 Å². The minimum atomic E-state index is -2.77. The fourth-order valence-electron chi connectivity index (χ4n) is 4.20. The second-order valence-corrected chi connectivity index (χ2v) is 8.54. The lowest BCUT2D eigenvalue weighted by molar-refractivity contribution is -0.120. The lowest BCUT2D eigenvalue weighted by atomic mass is 9.98. The third kappa shape index (κ3) is 4.71. The number of fused-ring (bicyclic) bond motifs is 1. The molecule has 1 aromatic carbocycles. The number of halogens is 3. The topological polar surface area (TPSA) is 101 Å². The van der Waals surface area contributed by atoms with Gasteiger partial charge in [-0.1, -0.05) is 17.7 Å². The maximum Gasteiger partial charge on any atom is 0.299 e. The van der Waals surface area contributed by atoms with Crippen LogP contribution < -0.4 is 10.1 Å². The summed E-state index contributed by atoms with van der Waals surface area (Å²) in [5.41, 5.74) is 3.48. The molecule has 2 atom stereocenters. The Hall–Kier alpha value is -3.38. The van der Waals surface area contributed by atoms with Crippen LogP contribution in [0.25, 0.3) is 11.0 Å². The molecule has 3 aromatic rings. The van der Waals surface area contributed by atoms with E-state index in [0.29, 0.717) is 22.4 Å². The summed E-state index contributed by atoms with van der Waals surface area (Å²) in [5, 5.41) is 13.0. The quantitative estimate of drug-likeness (QED) is 0.375. The molecule has 0 saturated heterocycles. The van der Waals surface area contributed by atoms with Gasteiger partial charge in [-0.05, 0) is 44.0 Å². The van der Waals surface area contributed by atoms with Gasteiger partial charge in [-0.3, -0.25) is 4.79 Å². The zero-order valence-corrected chi connectivity index (χ0v) is 18.7. The predicted molar refractivity (Wildman–Crippen MR) is 119 cm³/mol. The van der Waals surface area contributed by atoms with Crippen LogP contribution >= 0.6 is 11.6 Å². The minimum absolute atomic E-state index is 0.0213. The molecule has 0 spiro atoms. The molecule has 0 aliphatic heterocycles. The van der Waals surface area contributed by atoms with Crippen molar-refractivity contribution in [3.63, 3.8) is 0 Å². The lowest BCUT2D eigenvalue weighted by Gasteiger charge is -2.20. The molecule has 2 heterocycles. The molecule has 1 saturated carbocycles. The van der Waals surface area contributed by atoms with Gasteiger partial charge in [0.25, 0.3) is 6.47 Å². The molecule has 4 rings (SSSR count). The normalized spacial score (nSPS) is 18.0. The van der Waals surface area contributed by atoms with Crippen LogP contribution in [0.3, 0.4) is 0 Å². The van der Waals surface area contributed by atoms with Crippen molar-refractivity contribution < 1.29 is 18.3 Å². The average Bonchev–Trinajstić information content (AvgIpc) is 3.13. The second kappa shape index (κ2) is 8.87. The fraction of sp³-hybridized carbons (Fsp3) is 0.348. The molecule has 0 radical (unpaired) electrons. The van der Waals surface area contributed by atoms with Crippen molar-refractivity contribution in [3.8, 4) is 11.9 Å². The van der Waals surface area contributed by atoms with Crippen molar-refractivity contribution in [2.75, 3.05) is 5.32 Å². The number of alkyl halides is 2. The number of aryl methyl sites for hydroxylation is 1. The van der Waals surface area contributed by atoms with Gasteiger partial charge in [0.05, 0.1) is 28.5 Å². The first-order valence-corrected chi connectivity index (χ1v) is 10.7. The van der Waals surface area contributed by atoms with Crippen LogP contribution in [-0.2, 0) is 4.79 Å². The molecule has 1 aliphatic rings. The molecule has 1 N–H and O–H groups in total. The molecule has 10 heteroatoms. The van der Waals surface area contributed by atoms with E-state index in [1.54, 1.807) is 18.2 Å². The Morgan fingerprint density at radius 2 is 2.12 bits per heavy atom. The summed E-state index contributed by atoms with van der Waals surface area (Å²) in [4.78, 5) is 24.0. The number of hydrogen-bond donors (Lipinski definition) is 1. The number of nitrogens with zero attached hydrogens (tertiary/aromatic N) is 4. The van der Waals surface area contributed by atoms with E-state index >= 15 is 0 Å². The molecular formula is C23H20ClF2N5O2. The minimum Gasteiger partial charge on any atom is -0.407 e. The smallest absolute Gasteiger partial charge is 0.299 e. The first kappa shape index (κ1) is 22.8. The molecule has 0 bridgehead atoms. The lowest BCUT2D eigenvalue weighted by Crippen LogP contribution is -2.13. The molecule has 7 nitrogen and oxygen atoms in total.